The average Bonchev–Trinajstić information content (AvgIpc) is 2.88. The Labute approximate surface area is 116 Å². The lowest BCUT2D eigenvalue weighted by Crippen LogP contribution is -2.42. The van der Waals surface area contributed by atoms with Crippen molar-refractivity contribution in [3.05, 3.63) is 22.4 Å². The van der Waals surface area contributed by atoms with E-state index in [0.717, 1.165) is 13.0 Å². The van der Waals surface area contributed by atoms with E-state index in [-0.39, 0.29) is 6.03 Å². The molecule has 1 aromatic rings. The molecule has 1 heterocycles. The maximum atomic E-state index is 11.9. The quantitative estimate of drug-likeness (QED) is 0.656. The second-order valence-electron chi connectivity index (χ2n) is 4.11. The Kier molecular flexibility index (Phi) is 6.31. The van der Waals surface area contributed by atoms with Crippen molar-refractivity contribution in [3.8, 4) is 0 Å². The minimum absolute atomic E-state index is 0.378. The number of carbonyl (C=O) groups is 2. The molecule has 0 aliphatic carbocycles. The highest BCUT2D eigenvalue weighted by Crippen LogP contribution is 2.19. The molecular formula is C12H19N3O3S. The number of nitrogens with zero attached hydrogens (tertiary/aromatic N) is 1. The molecular weight excluding hydrogens is 266 g/mol. The van der Waals surface area contributed by atoms with Crippen LogP contribution in [0.2, 0.25) is 0 Å². The molecule has 1 rings (SSSR count). The van der Waals surface area contributed by atoms with Gasteiger partial charge in [0.1, 0.15) is 0 Å². The van der Waals surface area contributed by atoms with Gasteiger partial charge in [0.05, 0.1) is 0 Å². The number of amides is 2. The second-order valence-corrected chi connectivity index (χ2v) is 5.09. The number of hydrogen-bond donors (Lipinski definition) is 3. The van der Waals surface area contributed by atoms with Crippen LogP contribution in [0.1, 0.15) is 17.3 Å². The van der Waals surface area contributed by atoms with Gasteiger partial charge in [-0.2, -0.15) is 0 Å². The molecule has 2 amide bonds. The summed E-state index contributed by atoms with van der Waals surface area (Å²) in [6, 6.07) is 2.10. The number of hydrogen-bond acceptors (Lipinski definition) is 4. The van der Waals surface area contributed by atoms with Crippen molar-refractivity contribution in [1.29, 1.82) is 0 Å². The minimum atomic E-state index is -1.06. The van der Waals surface area contributed by atoms with Gasteiger partial charge in [-0.05, 0) is 31.5 Å². The Morgan fingerprint density at radius 3 is 2.79 bits per heavy atom. The Morgan fingerprint density at radius 1 is 1.53 bits per heavy atom. The summed E-state index contributed by atoms with van der Waals surface area (Å²) in [5, 5.41) is 16.5. The zero-order valence-corrected chi connectivity index (χ0v) is 11.9. The van der Waals surface area contributed by atoms with Crippen molar-refractivity contribution < 1.29 is 14.7 Å². The number of urea groups is 1. The van der Waals surface area contributed by atoms with Crippen LogP contribution >= 0.6 is 11.3 Å². The zero-order chi connectivity index (χ0) is 14.3. The minimum Gasteiger partial charge on any atom is -0.479 e. The maximum absolute atomic E-state index is 11.9. The van der Waals surface area contributed by atoms with E-state index in [4.69, 9.17) is 5.11 Å². The Hall–Kier alpha value is -1.60. The van der Waals surface area contributed by atoms with Crippen molar-refractivity contribution in [2.24, 2.45) is 0 Å². The van der Waals surface area contributed by atoms with Gasteiger partial charge in [-0.3, -0.25) is 0 Å². The predicted molar refractivity (Wildman–Crippen MR) is 74.4 cm³/mol. The van der Waals surface area contributed by atoms with Crippen LogP contribution in [0.25, 0.3) is 0 Å². The molecule has 0 aliphatic rings. The number of rotatable bonds is 7. The molecule has 1 unspecified atom stereocenters. The molecule has 0 fully saturated rings. The monoisotopic (exact) mass is 285 g/mol. The standard InChI is InChI=1S/C12H19N3O3S/c1-13-6-4-7-15(2)12(18)14-10(11(16)17)9-5-3-8-19-9/h3,5,8,10,13H,4,6-7H2,1-2H3,(H,14,18)(H,16,17). The van der Waals surface area contributed by atoms with Crippen molar-refractivity contribution in [3.63, 3.8) is 0 Å². The first-order chi connectivity index (χ1) is 9.06. The average molecular weight is 285 g/mol. The van der Waals surface area contributed by atoms with E-state index < -0.39 is 12.0 Å². The molecule has 0 saturated heterocycles. The number of nitrogens with one attached hydrogen (secondary N) is 2. The van der Waals surface area contributed by atoms with E-state index in [1.54, 1.807) is 24.6 Å². The molecule has 0 radical (unpaired) electrons. The molecule has 0 aromatic carbocycles. The van der Waals surface area contributed by atoms with Crippen LogP contribution < -0.4 is 10.6 Å². The third-order valence-electron chi connectivity index (χ3n) is 2.61. The van der Waals surface area contributed by atoms with Gasteiger partial charge in [0.2, 0.25) is 0 Å². The highest BCUT2D eigenvalue weighted by molar-refractivity contribution is 7.10. The number of thiophene rings is 1. The number of carboxylic acids is 1. The summed E-state index contributed by atoms with van der Waals surface area (Å²) in [6.07, 6.45) is 0.817. The van der Waals surface area contributed by atoms with Crippen LogP contribution in [-0.2, 0) is 4.79 Å². The molecule has 19 heavy (non-hydrogen) atoms. The lowest BCUT2D eigenvalue weighted by Gasteiger charge is -2.20. The lowest BCUT2D eigenvalue weighted by atomic mass is 10.2. The fraction of sp³-hybridized carbons (Fsp3) is 0.500. The predicted octanol–water partition coefficient (Wildman–Crippen LogP) is 1.12. The maximum Gasteiger partial charge on any atom is 0.331 e. The molecule has 0 aliphatic heterocycles. The second kappa shape index (κ2) is 7.75. The van der Waals surface area contributed by atoms with Crippen LogP contribution in [-0.4, -0.2) is 49.2 Å². The third-order valence-corrected chi connectivity index (χ3v) is 3.55. The van der Waals surface area contributed by atoms with Gasteiger partial charge in [-0.15, -0.1) is 11.3 Å². The molecule has 1 aromatic heterocycles. The fourth-order valence-corrected chi connectivity index (χ4v) is 2.31. The van der Waals surface area contributed by atoms with E-state index in [1.807, 2.05) is 7.05 Å². The summed E-state index contributed by atoms with van der Waals surface area (Å²) in [5.74, 6) is -1.06. The number of carbonyl (C=O) groups excluding carboxylic acids is 1. The first kappa shape index (κ1) is 15.5. The lowest BCUT2D eigenvalue weighted by molar-refractivity contribution is -0.139. The molecule has 1 atom stereocenters. The third kappa shape index (κ3) is 4.88. The summed E-state index contributed by atoms with van der Waals surface area (Å²) in [5.41, 5.74) is 0. The number of carboxylic acid groups (broad SMARTS) is 1. The summed E-state index contributed by atoms with van der Waals surface area (Å²) in [4.78, 5) is 25.2. The highest BCUT2D eigenvalue weighted by atomic mass is 32.1. The molecule has 6 nitrogen and oxygen atoms in total. The molecule has 0 bridgehead atoms. The topological polar surface area (TPSA) is 81.7 Å². The molecule has 3 N–H and O–H groups in total. The molecule has 0 saturated carbocycles. The SMILES string of the molecule is CNCCCN(C)C(=O)NC(C(=O)O)c1cccs1. The smallest absolute Gasteiger partial charge is 0.331 e. The van der Waals surface area contributed by atoms with Gasteiger partial charge >= 0.3 is 12.0 Å². The molecule has 106 valence electrons. The van der Waals surface area contributed by atoms with Crippen LogP contribution in [0.5, 0.6) is 0 Å². The van der Waals surface area contributed by atoms with Gasteiger partial charge in [0.25, 0.3) is 0 Å². The summed E-state index contributed by atoms with van der Waals surface area (Å²) in [7, 11) is 3.50. The van der Waals surface area contributed by atoms with Gasteiger partial charge in [0.15, 0.2) is 6.04 Å². The zero-order valence-electron chi connectivity index (χ0n) is 11.0. The number of aliphatic carboxylic acids is 1. The summed E-state index contributed by atoms with van der Waals surface area (Å²) < 4.78 is 0. The largest absolute Gasteiger partial charge is 0.479 e. The summed E-state index contributed by atoms with van der Waals surface area (Å²) >= 11 is 1.31. The Balaban J connectivity index is 2.55. The van der Waals surface area contributed by atoms with Crippen molar-refractivity contribution >= 4 is 23.3 Å². The van der Waals surface area contributed by atoms with Gasteiger partial charge in [-0.1, -0.05) is 6.07 Å². The Bertz CT molecular complexity index is 408. The van der Waals surface area contributed by atoms with Crippen molar-refractivity contribution in [1.82, 2.24) is 15.5 Å². The van der Waals surface area contributed by atoms with E-state index in [1.165, 1.54) is 16.2 Å². The van der Waals surface area contributed by atoms with E-state index in [0.29, 0.717) is 11.4 Å². The van der Waals surface area contributed by atoms with E-state index in [9.17, 15) is 9.59 Å². The van der Waals surface area contributed by atoms with Crippen molar-refractivity contribution in [2.45, 2.75) is 12.5 Å². The fourth-order valence-electron chi connectivity index (χ4n) is 1.54. The molecule has 0 spiro atoms. The van der Waals surface area contributed by atoms with Gasteiger partial charge < -0.3 is 20.6 Å². The van der Waals surface area contributed by atoms with Crippen LogP contribution in [0.15, 0.2) is 17.5 Å². The normalized spacial score (nSPS) is 11.9. The van der Waals surface area contributed by atoms with Gasteiger partial charge in [-0.25, -0.2) is 9.59 Å². The van der Waals surface area contributed by atoms with Gasteiger partial charge in [0, 0.05) is 18.5 Å². The highest BCUT2D eigenvalue weighted by Gasteiger charge is 2.24. The van der Waals surface area contributed by atoms with Crippen LogP contribution in [0.4, 0.5) is 4.79 Å². The van der Waals surface area contributed by atoms with Crippen LogP contribution in [0.3, 0.4) is 0 Å². The first-order valence-electron chi connectivity index (χ1n) is 5.98. The Morgan fingerprint density at radius 2 is 2.26 bits per heavy atom. The van der Waals surface area contributed by atoms with E-state index >= 15 is 0 Å². The van der Waals surface area contributed by atoms with Crippen molar-refractivity contribution in [2.75, 3.05) is 27.2 Å². The molecule has 7 heteroatoms. The van der Waals surface area contributed by atoms with E-state index in [2.05, 4.69) is 10.6 Å². The summed E-state index contributed by atoms with van der Waals surface area (Å²) in [6.45, 7) is 1.38. The van der Waals surface area contributed by atoms with Crippen LogP contribution in [0, 0.1) is 0 Å². The first-order valence-corrected chi connectivity index (χ1v) is 6.86.